The van der Waals surface area contributed by atoms with E-state index in [1.165, 1.54) is 0 Å². The summed E-state index contributed by atoms with van der Waals surface area (Å²) < 4.78 is 20.4. The number of benzene rings is 1. The van der Waals surface area contributed by atoms with E-state index in [-0.39, 0.29) is 6.61 Å². The molecule has 0 fully saturated rings. The minimum Gasteiger partial charge on any atom is -0.450 e. The molecule has 0 aromatic heterocycles. The minimum absolute atomic E-state index is 0.312. The van der Waals surface area contributed by atoms with Crippen molar-refractivity contribution in [3.63, 3.8) is 0 Å². The van der Waals surface area contributed by atoms with Crippen LogP contribution in [-0.4, -0.2) is 29.1 Å². The largest absolute Gasteiger partial charge is 0.469 e. The Morgan fingerprint density at radius 3 is 2.36 bits per heavy atom. The van der Waals surface area contributed by atoms with E-state index >= 15 is 0 Å². The number of phosphoric ester groups is 1. The SMILES string of the molecule is CC.CCCCCCOC(=O)N[C@@H](COP(=O)(O)O)c1ccccc1. The lowest BCUT2D eigenvalue weighted by atomic mass is 10.1. The van der Waals surface area contributed by atoms with Crippen molar-refractivity contribution in [1.82, 2.24) is 5.32 Å². The van der Waals surface area contributed by atoms with Gasteiger partial charge < -0.3 is 19.8 Å². The maximum atomic E-state index is 11.8. The number of carbonyl (C=O) groups excluding carboxylic acids is 1. The first-order valence-electron chi connectivity index (χ1n) is 8.60. The Morgan fingerprint density at radius 1 is 1.16 bits per heavy atom. The first-order chi connectivity index (χ1) is 11.9. The van der Waals surface area contributed by atoms with Gasteiger partial charge in [-0.15, -0.1) is 0 Å². The Bertz CT molecular complexity index is 505. The molecular formula is C17H30NO6P. The van der Waals surface area contributed by atoms with Crippen LogP contribution in [-0.2, 0) is 13.8 Å². The van der Waals surface area contributed by atoms with Crippen LogP contribution in [0.5, 0.6) is 0 Å². The minimum atomic E-state index is -4.61. The van der Waals surface area contributed by atoms with Crippen molar-refractivity contribution in [3.8, 4) is 0 Å². The first-order valence-corrected chi connectivity index (χ1v) is 10.1. The molecule has 3 N–H and O–H groups in total. The molecule has 25 heavy (non-hydrogen) atoms. The van der Waals surface area contributed by atoms with E-state index in [0.717, 1.165) is 25.7 Å². The fourth-order valence-electron chi connectivity index (χ4n) is 1.96. The third-order valence-corrected chi connectivity index (χ3v) is 3.62. The van der Waals surface area contributed by atoms with Gasteiger partial charge in [0.25, 0.3) is 0 Å². The van der Waals surface area contributed by atoms with Crippen LogP contribution in [0, 0.1) is 0 Å². The Labute approximate surface area is 150 Å². The highest BCUT2D eigenvalue weighted by molar-refractivity contribution is 7.46. The second-order valence-electron chi connectivity index (χ2n) is 5.09. The zero-order valence-corrected chi connectivity index (χ0v) is 16.1. The molecule has 0 aliphatic carbocycles. The van der Waals surface area contributed by atoms with Crippen molar-refractivity contribution in [3.05, 3.63) is 35.9 Å². The molecule has 7 nitrogen and oxygen atoms in total. The molecule has 0 unspecified atom stereocenters. The van der Waals surface area contributed by atoms with Gasteiger partial charge in [-0.2, -0.15) is 0 Å². The molecule has 0 radical (unpaired) electrons. The molecule has 1 atom stereocenters. The first kappa shape index (κ1) is 23.6. The van der Waals surface area contributed by atoms with Gasteiger partial charge in [0.1, 0.15) is 0 Å². The Hall–Kier alpha value is -1.40. The molecule has 8 heteroatoms. The maximum absolute atomic E-state index is 11.8. The number of amides is 1. The van der Waals surface area contributed by atoms with Gasteiger partial charge in [0, 0.05) is 0 Å². The summed E-state index contributed by atoms with van der Waals surface area (Å²) >= 11 is 0. The van der Waals surface area contributed by atoms with Crippen molar-refractivity contribution in [2.24, 2.45) is 0 Å². The average Bonchev–Trinajstić information content (AvgIpc) is 2.60. The quantitative estimate of drug-likeness (QED) is 0.419. The Morgan fingerprint density at radius 2 is 1.80 bits per heavy atom. The summed E-state index contributed by atoms with van der Waals surface area (Å²) in [6, 6.07) is 8.09. The predicted octanol–water partition coefficient (Wildman–Crippen LogP) is 4.17. The summed E-state index contributed by atoms with van der Waals surface area (Å²) in [6.07, 6.45) is 3.34. The number of alkyl carbamates (subject to hydrolysis) is 1. The molecule has 0 aliphatic heterocycles. The molecule has 0 saturated heterocycles. The number of nitrogens with one attached hydrogen (secondary N) is 1. The zero-order valence-electron chi connectivity index (χ0n) is 15.2. The highest BCUT2D eigenvalue weighted by atomic mass is 31.2. The third kappa shape index (κ3) is 12.6. The van der Waals surface area contributed by atoms with Crippen molar-refractivity contribution >= 4 is 13.9 Å². The molecule has 0 bridgehead atoms. The van der Waals surface area contributed by atoms with E-state index in [1.807, 2.05) is 13.8 Å². The van der Waals surface area contributed by atoms with E-state index in [0.29, 0.717) is 12.2 Å². The number of carbonyl (C=O) groups is 1. The van der Waals surface area contributed by atoms with Crippen molar-refractivity contribution in [1.29, 1.82) is 0 Å². The van der Waals surface area contributed by atoms with E-state index in [2.05, 4.69) is 16.8 Å². The molecule has 1 aromatic rings. The molecule has 1 amide bonds. The van der Waals surface area contributed by atoms with Crippen LogP contribution in [0.3, 0.4) is 0 Å². The fourth-order valence-corrected chi connectivity index (χ4v) is 2.30. The molecule has 0 spiro atoms. The number of hydrogen-bond donors (Lipinski definition) is 3. The van der Waals surface area contributed by atoms with Crippen LogP contribution in [0.25, 0.3) is 0 Å². The van der Waals surface area contributed by atoms with E-state index < -0.39 is 20.0 Å². The van der Waals surface area contributed by atoms with E-state index in [4.69, 9.17) is 14.5 Å². The number of phosphoric acid groups is 1. The van der Waals surface area contributed by atoms with Crippen LogP contribution < -0.4 is 5.32 Å². The molecule has 0 heterocycles. The van der Waals surface area contributed by atoms with Gasteiger partial charge in [-0.05, 0) is 12.0 Å². The van der Waals surface area contributed by atoms with E-state index in [1.54, 1.807) is 30.3 Å². The highest BCUT2D eigenvalue weighted by Crippen LogP contribution is 2.37. The van der Waals surface area contributed by atoms with Crippen LogP contribution in [0.2, 0.25) is 0 Å². The van der Waals surface area contributed by atoms with Gasteiger partial charge in [0.2, 0.25) is 0 Å². The summed E-state index contributed by atoms with van der Waals surface area (Å²) in [7, 11) is -4.61. The molecule has 0 aliphatic rings. The molecule has 1 aromatic carbocycles. The second kappa shape index (κ2) is 13.8. The molecule has 1 rings (SSSR count). The average molecular weight is 375 g/mol. The van der Waals surface area contributed by atoms with Gasteiger partial charge in [-0.3, -0.25) is 4.52 Å². The normalized spacial score (nSPS) is 11.9. The number of unbranched alkanes of at least 4 members (excludes halogenated alkanes) is 3. The number of hydrogen-bond acceptors (Lipinski definition) is 4. The standard InChI is InChI=1S/C15H24NO6P.C2H6/c1-2-3-4-8-11-21-15(17)16-14(12-22-23(18,19)20)13-9-6-5-7-10-13;1-2/h5-7,9-10,14H,2-4,8,11-12H2,1H3,(H,16,17)(H2,18,19,20);1-2H3/t14-;/m0./s1. The summed E-state index contributed by atoms with van der Waals surface area (Å²) in [6.45, 7) is 6.06. The van der Waals surface area contributed by atoms with Gasteiger partial charge in [-0.25, -0.2) is 9.36 Å². The molecule has 0 saturated carbocycles. The molecule has 144 valence electrons. The van der Waals surface area contributed by atoms with Crippen molar-refractivity contribution < 1.29 is 28.4 Å². The lowest BCUT2D eigenvalue weighted by Gasteiger charge is -2.19. The van der Waals surface area contributed by atoms with Gasteiger partial charge in [-0.1, -0.05) is 70.4 Å². The van der Waals surface area contributed by atoms with Crippen molar-refractivity contribution in [2.45, 2.75) is 52.5 Å². The van der Waals surface area contributed by atoms with Crippen LogP contribution in [0.1, 0.15) is 58.1 Å². The summed E-state index contributed by atoms with van der Waals surface area (Å²) in [5.41, 5.74) is 0.670. The van der Waals surface area contributed by atoms with Gasteiger partial charge >= 0.3 is 13.9 Å². The monoisotopic (exact) mass is 375 g/mol. The fraction of sp³-hybridized carbons (Fsp3) is 0.588. The van der Waals surface area contributed by atoms with E-state index in [9.17, 15) is 9.36 Å². The lowest BCUT2D eigenvalue weighted by Crippen LogP contribution is -2.32. The Kier molecular flexibility index (Phi) is 13.1. The van der Waals surface area contributed by atoms with Gasteiger partial charge in [0.05, 0.1) is 19.3 Å². The summed E-state index contributed by atoms with van der Waals surface area (Å²) in [5, 5.41) is 2.57. The maximum Gasteiger partial charge on any atom is 0.469 e. The van der Waals surface area contributed by atoms with Crippen LogP contribution >= 0.6 is 7.82 Å². The third-order valence-electron chi connectivity index (χ3n) is 3.13. The molecular weight excluding hydrogens is 345 g/mol. The smallest absolute Gasteiger partial charge is 0.450 e. The zero-order chi connectivity index (χ0) is 19.1. The summed E-state index contributed by atoms with van der Waals surface area (Å²) in [4.78, 5) is 29.4. The number of rotatable bonds is 10. The topological polar surface area (TPSA) is 105 Å². The van der Waals surface area contributed by atoms with Gasteiger partial charge in [0.15, 0.2) is 0 Å². The Balaban J connectivity index is 0.00000277. The predicted molar refractivity (Wildman–Crippen MR) is 97.2 cm³/mol. The second-order valence-corrected chi connectivity index (χ2v) is 6.33. The highest BCUT2D eigenvalue weighted by Gasteiger charge is 2.21. The van der Waals surface area contributed by atoms with Crippen LogP contribution in [0.15, 0.2) is 30.3 Å². The lowest BCUT2D eigenvalue weighted by molar-refractivity contribution is 0.129. The van der Waals surface area contributed by atoms with Crippen molar-refractivity contribution in [2.75, 3.05) is 13.2 Å². The van der Waals surface area contributed by atoms with Crippen LogP contribution in [0.4, 0.5) is 4.79 Å². The number of ether oxygens (including phenoxy) is 1. The summed E-state index contributed by atoms with van der Waals surface area (Å²) in [5.74, 6) is 0.